The maximum atomic E-state index is 11.7. The number of rotatable bonds is 4. The molecule has 1 aromatic rings. The molecule has 1 saturated carbocycles. The van der Waals surface area contributed by atoms with Crippen LogP contribution in [0.2, 0.25) is 15.1 Å². The Morgan fingerprint density at radius 3 is 2.52 bits per heavy atom. The minimum Gasteiger partial charge on any atom is -0.480 e. The lowest BCUT2D eigenvalue weighted by atomic mass is 9.95. The van der Waals surface area contributed by atoms with Crippen molar-refractivity contribution in [2.24, 2.45) is 0 Å². The smallest absolute Gasteiger partial charge is 0.344 e. The lowest BCUT2D eigenvalue weighted by Crippen LogP contribution is -2.35. The molecule has 1 fully saturated rings. The van der Waals surface area contributed by atoms with E-state index in [4.69, 9.17) is 44.3 Å². The molecule has 0 aromatic heterocycles. The van der Waals surface area contributed by atoms with Gasteiger partial charge in [0.05, 0.1) is 21.2 Å². The van der Waals surface area contributed by atoms with Gasteiger partial charge in [0.1, 0.15) is 11.9 Å². The van der Waals surface area contributed by atoms with Crippen molar-refractivity contribution in [3.05, 3.63) is 27.2 Å². The third-order valence-corrected chi connectivity index (χ3v) is 4.29. The summed E-state index contributed by atoms with van der Waals surface area (Å²) in [5, 5.41) is 10.6. The van der Waals surface area contributed by atoms with Gasteiger partial charge in [0.15, 0.2) is 6.61 Å². The van der Waals surface area contributed by atoms with Crippen molar-refractivity contribution in [1.29, 1.82) is 0 Å². The van der Waals surface area contributed by atoms with Gasteiger partial charge < -0.3 is 14.6 Å². The summed E-state index contributed by atoms with van der Waals surface area (Å²) in [6.07, 6.45) is 2.15. The van der Waals surface area contributed by atoms with Gasteiger partial charge in [-0.3, -0.25) is 0 Å². The second-order valence-electron chi connectivity index (χ2n) is 4.87. The van der Waals surface area contributed by atoms with Crippen LogP contribution in [0.3, 0.4) is 0 Å². The topological polar surface area (TPSA) is 55.8 Å². The predicted octanol–water partition coefficient (Wildman–Crippen LogP) is 3.87. The zero-order valence-electron chi connectivity index (χ0n) is 11.2. The summed E-state index contributed by atoms with van der Waals surface area (Å²) in [4.78, 5) is 11.7. The van der Waals surface area contributed by atoms with Crippen LogP contribution in [-0.4, -0.2) is 29.9 Å². The average Bonchev–Trinajstić information content (AvgIpc) is 2.44. The van der Waals surface area contributed by atoms with Crippen LogP contribution in [0, 0.1) is 0 Å². The molecule has 116 valence electrons. The minimum atomic E-state index is -0.601. The van der Waals surface area contributed by atoms with Crippen molar-refractivity contribution in [3.63, 3.8) is 0 Å². The molecular weight excluding hydrogens is 339 g/mol. The first-order valence-electron chi connectivity index (χ1n) is 6.62. The Morgan fingerprint density at radius 1 is 1.14 bits per heavy atom. The zero-order chi connectivity index (χ0) is 15.4. The molecule has 1 aromatic carbocycles. The highest BCUT2D eigenvalue weighted by Crippen LogP contribution is 2.33. The van der Waals surface area contributed by atoms with Crippen molar-refractivity contribution in [3.8, 4) is 5.75 Å². The minimum absolute atomic E-state index is 0.257. The molecule has 4 nitrogen and oxygen atoms in total. The number of ether oxygens (including phenoxy) is 2. The molecule has 0 unspecified atom stereocenters. The summed E-state index contributed by atoms with van der Waals surface area (Å²) in [6.45, 7) is -0.305. The van der Waals surface area contributed by atoms with Crippen LogP contribution >= 0.6 is 34.8 Å². The molecule has 2 rings (SSSR count). The standard InChI is InChI=1S/C14H15Cl3O4/c15-8-5-10(17)13(6-9(8)16)20-7-14(19)21-12-4-2-1-3-11(12)18/h5-6,11-12,18H,1-4,7H2/t11-,12+/m1/s1. The van der Waals surface area contributed by atoms with E-state index < -0.39 is 18.2 Å². The molecule has 0 aliphatic heterocycles. The monoisotopic (exact) mass is 352 g/mol. The first-order valence-corrected chi connectivity index (χ1v) is 7.75. The van der Waals surface area contributed by atoms with Gasteiger partial charge in [-0.2, -0.15) is 0 Å². The van der Waals surface area contributed by atoms with Gasteiger partial charge in [-0.05, 0) is 25.3 Å². The van der Waals surface area contributed by atoms with Crippen LogP contribution in [0.4, 0.5) is 0 Å². The van der Waals surface area contributed by atoms with Gasteiger partial charge in [0.2, 0.25) is 0 Å². The van der Waals surface area contributed by atoms with Crippen LogP contribution < -0.4 is 4.74 Å². The largest absolute Gasteiger partial charge is 0.480 e. The van der Waals surface area contributed by atoms with E-state index in [2.05, 4.69) is 0 Å². The van der Waals surface area contributed by atoms with Crippen LogP contribution in [0.15, 0.2) is 12.1 Å². The number of aliphatic hydroxyl groups is 1. The number of benzene rings is 1. The third kappa shape index (κ3) is 4.65. The van der Waals surface area contributed by atoms with E-state index in [-0.39, 0.29) is 22.4 Å². The molecule has 2 atom stereocenters. The number of carbonyl (C=O) groups excluding carboxylic acids is 1. The molecule has 0 heterocycles. The number of aliphatic hydroxyl groups excluding tert-OH is 1. The van der Waals surface area contributed by atoms with Crippen LogP contribution in [0.5, 0.6) is 5.75 Å². The third-order valence-electron chi connectivity index (χ3n) is 3.27. The van der Waals surface area contributed by atoms with Gasteiger partial charge in [-0.1, -0.05) is 41.2 Å². The Balaban J connectivity index is 1.88. The fourth-order valence-electron chi connectivity index (χ4n) is 2.17. The highest BCUT2D eigenvalue weighted by molar-refractivity contribution is 6.43. The van der Waals surface area contributed by atoms with Crippen molar-refractivity contribution in [1.82, 2.24) is 0 Å². The second kappa shape index (κ2) is 7.54. The van der Waals surface area contributed by atoms with E-state index >= 15 is 0 Å². The molecule has 1 aliphatic carbocycles. The Kier molecular flexibility index (Phi) is 5.99. The summed E-state index contributed by atoms with van der Waals surface area (Å²) in [6, 6.07) is 2.88. The molecule has 21 heavy (non-hydrogen) atoms. The van der Waals surface area contributed by atoms with Crippen molar-refractivity contribution >= 4 is 40.8 Å². The van der Waals surface area contributed by atoms with E-state index in [1.165, 1.54) is 12.1 Å². The summed E-state index contributed by atoms with van der Waals surface area (Å²) in [7, 11) is 0. The van der Waals surface area contributed by atoms with Gasteiger partial charge >= 0.3 is 5.97 Å². The molecule has 1 aliphatic rings. The van der Waals surface area contributed by atoms with Crippen molar-refractivity contribution in [2.45, 2.75) is 37.9 Å². The maximum absolute atomic E-state index is 11.7. The zero-order valence-corrected chi connectivity index (χ0v) is 13.4. The molecule has 0 radical (unpaired) electrons. The Bertz CT molecular complexity index is 521. The summed E-state index contributed by atoms with van der Waals surface area (Å²) in [5.41, 5.74) is 0. The first kappa shape index (κ1) is 16.7. The highest BCUT2D eigenvalue weighted by Gasteiger charge is 2.26. The van der Waals surface area contributed by atoms with Crippen LogP contribution in [0.25, 0.3) is 0 Å². The number of hydrogen-bond acceptors (Lipinski definition) is 4. The number of halogens is 3. The van der Waals surface area contributed by atoms with E-state index in [1.54, 1.807) is 0 Å². The fourth-order valence-corrected chi connectivity index (χ4v) is 2.76. The van der Waals surface area contributed by atoms with Gasteiger partial charge in [0.25, 0.3) is 0 Å². The van der Waals surface area contributed by atoms with E-state index in [1.807, 2.05) is 0 Å². The summed E-state index contributed by atoms with van der Waals surface area (Å²) < 4.78 is 10.5. The van der Waals surface area contributed by atoms with Gasteiger partial charge in [-0.15, -0.1) is 0 Å². The Morgan fingerprint density at radius 2 is 1.81 bits per heavy atom. The van der Waals surface area contributed by atoms with Gasteiger partial charge in [-0.25, -0.2) is 4.79 Å². The summed E-state index contributed by atoms with van der Waals surface area (Å²) >= 11 is 17.6. The summed E-state index contributed by atoms with van der Waals surface area (Å²) in [5.74, 6) is -0.296. The fraction of sp³-hybridized carbons (Fsp3) is 0.500. The highest BCUT2D eigenvalue weighted by atomic mass is 35.5. The lowest BCUT2D eigenvalue weighted by Gasteiger charge is -2.27. The predicted molar refractivity (Wildman–Crippen MR) is 81.3 cm³/mol. The molecule has 1 N–H and O–H groups in total. The van der Waals surface area contributed by atoms with E-state index in [0.29, 0.717) is 17.9 Å². The molecular formula is C14H15Cl3O4. The SMILES string of the molecule is O=C(COc1cc(Cl)c(Cl)cc1Cl)O[C@H]1CCCC[C@H]1O. The quantitative estimate of drug-likeness (QED) is 0.659. The first-order chi connectivity index (χ1) is 9.97. The normalized spacial score (nSPS) is 21.9. The molecule has 0 spiro atoms. The van der Waals surface area contributed by atoms with Crippen LogP contribution in [0.1, 0.15) is 25.7 Å². The van der Waals surface area contributed by atoms with Crippen LogP contribution in [-0.2, 0) is 9.53 Å². The van der Waals surface area contributed by atoms with E-state index in [0.717, 1.165) is 12.8 Å². The molecule has 0 amide bonds. The number of hydrogen-bond donors (Lipinski definition) is 1. The molecule has 7 heteroatoms. The average molecular weight is 354 g/mol. The van der Waals surface area contributed by atoms with E-state index in [9.17, 15) is 9.90 Å². The second-order valence-corrected chi connectivity index (χ2v) is 6.09. The number of esters is 1. The van der Waals surface area contributed by atoms with Gasteiger partial charge in [0, 0.05) is 6.07 Å². The molecule has 0 bridgehead atoms. The van der Waals surface area contributed by atoms with Crippen molar-refractivity contribution in [2.75, 3.05) is 6.61 Å². The molecule has 0 saturated heterocycles. The van der Waals surface area contributed by atoms with Crippen molar-refractivity contribution < 1.29 is 19.4 Å². The number of carbonyl (C=O) groups is 1. The Labute approximate surface area is 137 Å². The Hall–Kier alpha value is -0.680. The maximum Gasteiger partial charge on any atom is 0.344 e. The lowest BCUT2D eigenvalue weighted by molar-refractivity contribution is -0.159.